The second kappa shape index (κ2) is 8.20. The minimum Gasteiger partial charge on any atom is -0.331 e. The molecule has 29 heavy (non-hydrogen) atoms. The molecular formula is C22H18N4O2S. The molecule has 0 atom stereocenters. The van der Waals surface area contributed by atoms with E-state index in [9.17, 15) is 9.59 Å². The molecule has 0 radical (unpaired) electrons. The Morgan fingerprint density at radius 1 is 1.07 bits per heavy atom. The van der Waals surface area contributed by atoms with E-state index < -0.39 is 0 Å². The number of rotatable bonds is 6. The summed E-state index contributed by atoms with van der Waals surface area (Å²) in [6.07, 6.45) is 3.50. The van der Waals surface area contributed by atoms with Crippen LogP contribution in [0.25, 0.3) is 10.6 Å². The SMILES string of the molecule is Cn1ccnc1C(=O)c1ccc(NC(=O)Cc2csc(-c3ccccc3)n2)cc1. The number of thiazole rings is 1. The van der Waals surface area contributed by atoms with Crippen LogP contribution in [-0.2, 0) is 18.3 Å². The Balaban J connectivity index is 1.38. The third-order valence-corrected chi connectivity index (χ3v) is 5.31. The van der Waals surface area contributed by atoms with Crippen molar-refractivity contribution >= 4 is 28.7 Å². The highest BCUT2D eigenvalue weighted by Crippen LogP contribution is 2.23. The highest BCUT2D eigenvalue weighted by molar-refractivity contribution is 7.13. The highest BCUT2D eigenvalue weighted by atomic mass is 32.1. The first kappa shape index (κ1) is 18.8. The van der Waals surface area contributed by atoms with E-state index in [1.807, 2.05) is 35.7 Å². The number of carbonyl (C=O) groups excluding carboxylic acids is 2. The first-order valence-electron chi connectivity index (χ1n) is 9.02. The normalized spacial score (nSPS) is 10.7. The highest BCUT2D eigenvalue weighted by Gasteiger charge is 2.14. The zero-order chi connectivity index (χ0) is 20.2. The minimum absolute atomic E-state index is 0.155. The Bertz CT molecular complexity index is 1150. The molecule has 0 bridgehead atoms. The molecule has 6 nitrogen and oxygen atoms in total. The van der Waals surface area contributed by atoms with E-state index >= 15 is 0 Å². The number of anilines is 1. The maximum Gasteiger partial charge on any atom is 0.230 e. The molecule has 2 heterocycles. The van der Waals surface area contributed by atoms with Crippen LogP contribution in [0, 0.1) is 0 Å². The number of nitrogens with zero attached hydrogens (tertiary/aromatic N) is 3. The topological polar surface area (TPSA) is 76.9 Å². The molecule has 1 amide bonds. The third-order valence-electron chi connectivity index (χ3n) is 4.37. The van der Waals surface area contributed by atoms with Crippen LogP contribution in [0.2, 0.25) is 0 Å². The number of hydrogen-bond donors (Lipinski definition) is 1. The number of benzene rings is 2. The van der Waals surface area contributed by atoms with Crippen LogP contribution in [0.5, 0.6) is 0 Å². The van der Waals surface area contributed by atoms with Gasteiger partial charge in [-0.3, -0.25) is 9.59 Å². The first-order valence-corrected chi connectivity index (χ1v) is 9.90. The maximum atomic E-state index is 12.4. The van der Waals surface area contributed by atoms with Crippen molar-refractivity contribution in [2.75, 3.05) is 5.32 Å². The van der Waals surface area contributed by atoms with Crippen LogP contribution >= 0.6 is 11.3 Å². The van der Waals surface area contributed by atoms with Crippen LogP contribution in [0.4, 0.5) is 5.69 Å². The summed E-state index contributed by atoms with van der Waals surface area (Å²) in [5.74, 6) is 0.0592. The van der Waals surface area contributed by atoms with Gasteiger partial charge in [0, 0.05) is 41.6 Å². The molecule has 0 fully saturated rings. The number of aryl methyl sites for hydroxylation is 1. The Kier molecular flexibility index (Phi) is 5.31. The largest absolute Gasteiger partial charge is 0.331 e. The number of nitrogens with one attached hydrogen (secondary N) is 1. The van der Waals surface area contributed by atoms with Gasteiger partial charge in [0.05, 0.1) is 12.1 Å². The number of ketones is 1. The van der Waals surface area contributed by atoms with Crippen LogP contribution in [0.3, 0.4) is 0 Å². The van der Waals surface area contributed by atoms with Gasteiger partial charge in [-0.05, 0) is 24.3 Å². The molecule has 4 rings (SSSR count). The van der Waals surface area contributed by atoms with Crippen LogP contribution in [-0.4, -0.2) is 26.2 Å². The van der Waals surface area contributed by atoms with Crippen molar-refractivity contribution in [1.29, 1.82) is 0 Å². The maximum absolute atomic E-state index is 12.4. The Morgan fingerprint density at radius 2 is 1.83 bits per heavy atom. The number of imidazole rings is 1. The van der Waals surface area contributed by atoms with Crippen molar-refractivity contribution in [1.82, 2.24) is 14.5 Å². The van der Waals surface area contributed by atoms with E-state index in [1.165, 1.54) is 11.3 Å². The quantitative estimate of drug-likeness (QED) is 0.495. The van der Waals surface area contributed by atoms with Gasteiger partial charge in [-0.15, -0.1) is 11.3 Å². The second-order valence-electron chi connectivity index (χ2n) is 6.50. The van der Waals surface area contributed by atoms with Crippen molar-refractivity contribution in [2.45, 2.75) is 6.42 Å². The summed E-state index contributed by atoms with van der Waals surface area (Å²) in [5.41, 5.74) is 2.92. The fraction of sp³-hybridized carbons (Fsp3) is 0.0909. The predicted molar refractivity (Wildman–Crippen MR) is 113 cm³/mol. The first-order chi connectivity index (χ1) is 14.1. The molecule has 144 valence electrons. The van der Waals surface area contributed by atoms with Gasteiger partial charge < -0.3 is 9.88 Å². The van der Waals surface area contributed by atoms with Crippen molar-refractivity contribution in [3.8, 4) is 10.6 Å². The average molecular weight is 402 g/mol. The molecule has 0 aliphatic rings. The van der Waals surface area contributed by atoms with Crippen molar-refractivity contribution < 1.29 is 9.59 Å². The summed E-state index contributed by atoms with van der Waals surface area (Å²) >= 11 is 1.52. The summed E-state index contributed by atoms with van der Waals surface area (Å²) in [4.78, 5) is 33.4. The summed E-state index contributed by atoms with van der Waals surface area (Å²) < 4.78 is 1.68. The van der Waals surface area contributed by atoms with E-state index in [2.05, 4.69) is 15.3 Å². The monoisotopic (exact) mass is 402 g/mol. The van der Waals surface area contributed by atoms with E-state index in [0.29, 0.717) is 17.1 Å². The fourth-order valence-corrected chi connectivity index (χ4v) is 3.72. The molecule has 2 aromatic heterocycles. The Hall–Kier alpha value is -3.58. The van der Waals surface area contributed by atoms with Crippen LogP contribution in [0.15, 0.2) is 72.4 Å². The van der Waals surface area contributed by atoms with Gasteiger partial charge in [-0.2, -0.15) is 0 Å². The number of aromatic nitrogens is 3. The van der Waals surface area contributed by atoms with E-state index in [1.54, 1.807) is 48.3 Å². The summed E-state index contributed by atoms with van der Waals surface area (Å²) in [5, 5.41) is 5.64. The van der Waals surface area contributed by atoms with Crippen LogP contribution < -0.4 is 5.32 Å². The van der Waals surface area contributed by atoms with Gasteiger partial charge in [0.2, 0.25) is 11.7 Å². The molecule has 0 unspecified atom stereocenters. The lowest BCUT2D eigenvalue weighted by molar-refractivity contribution is -0.115. The lowest BCUT2D eigenvalue weighted by atomic mass is 10.1. The molecule has 4 aromatic rings. The molecule has 2 aromatic carbocycles. The molecule has 7 heteroatoms. The molecule has 0 saturated carbocycles. The standard InChI is InChI=1S/C22H18N4O2S/c1-26-12-11-23-21(26)20(28)15-7-9-17(10-8-15)24-19(27)13-18-14-29-22(25-18)16-5-3-2-4-6-16/h2-12,14H,13H2,1H3,(H,24,27). The van der Waals surface area contributed by atoms with E-state index in [-0.39, 0.29) is 18.1 Å². The molecule has 1 N–H and O–H groups in total. The summed E-state index contributed by atoms with van der Waals surface area (Å²) in [6.45, 7) is 0. The van der Waals surface area contributed by atoms with E-state index in [0.717, 1.165) is 16.3 Å². The average Bonchev–Trinajstić information content (AvgIpc) is 3.37. The third kappa shape index (κ3) is 4.30. The number of carbonyl (C=O) groups is 2. The van der Waals surface area contributed by atoms with Gasteiger partial charge in [0.25, 0.3) is 0 Å². The number of amides is 1. The lowest BCUT2D eigenvalue weighted by Gasteiger charge is -2.06. The minimum atomic E-state index is -0.161. The van der Waals surface area contributed by atoms with Gasteiger partial charge in [-0.1, -0.05) is 30.3 Å². The molecule has 0 aliphatic heterocycles. The zero-order valence-corrected chi connectivity index (χ0v) is 16.5. The summed E-state index contributed by atoms with van der Waals surface area (Å²) in [7, 11) is 1.77. The second-order valence-corrected chi connectivity index (χ2v) is 7.36. The Morgan fingerprint density at radius 3 is 2.52 bits per heavy atom. The smallest absolute Gasteiger partial charge is 0.230 e. The zero-order valence-electron chi connectivity index (χ0n) is 15.7. The molecule has 0 aliphatic carbocycles. The lowest BCUT2D eigenvalue weighted by Crippen LogP contribution is -2.15. The van der Waals surface area contributed by atoms with Crippen molar-refractivity contribution in [3.05, 3.63) is 89.5 Å². The molecule has 0 spiro atoms. The summed E-state index contributed by atoms with van der Waals surface area (Å²) in [6, 6.07) is 16.7. The van der Waals surface area contributed by atoms with Crippen molar-refractivity contribution in [3.63, 3.8) is 0 Å². The van der Waals surface area contributed by atoms with E-state index in [4.69, 9.17) is 0 Å². The number of hydrogen-bond acceptors (Lipinski definition) is 5. The van der Waals surface area contributed by atoms with Gasteiger partial charge in [0.1, 0.15) is 5.01 Å². The fourth-order valence-electron chi connectivity index (χ4n) is 2.89. The van der Waals surface area contributed by atoms with Gasteiger partial charge in [0.15, 0.2) is 5.82 Å². The predicted octanol–water partition coefficient (Wildman–Crippen LogP) is 3.96. The van der Waals surface area contributed by atoms with Crippen LogP contribution in [0.1, 0.15) is 21.9 Å². The molecule has 0 saturated heterocycles. The Labute approximate surface area is 171 Å². The van der Waals surface area contributed by atoms with Gasteiger partial charge in [-0.25, -0.2) is 9.97 Å². The van der Waals surface area contributed by atoms with Gasteiger partial charge >= 0.3 is 0 Å². The van der Waals surface area contributed by atoms with Crippen molar-refractivity contribution in [2.24, 2.45) is 7.05 Å². The molecular weight excluding hydrogens is 384 g/mol.